The van der Waals surface area contributed by atoms with Crippen LogP contribution in [0, 0.1) is 5.82 Å². The minimum absolute atomic E-state index is 0.108. The van der Waals surface area contributed by atoms with Crippen molar-refractivity contribution in [2.45, 2.75) is 18.1 Å². The van der Waals surface area contributed by atoms with Gasteiger partial charge >= 0.3 is 0 Å². The van der Waals surface area contributed by atoms with Crippen molar-refractivity contribution in [3.63, 3.8) is 0 Å². The summed E-state index contributed by atoms with van der Waals surface area (Å²) in [5, 5.41) is 4.38. The molecule has 0 saturated heterocycles. The molecular formula is C25H21ClFN3O2S. The van der Waals surface area contributed by atoms with E-state index in [-0.39, 0.29) is 29.6 Å². The highest BCUT2D eigenvalue weighted by Crippen LogP contribution is 2.21. The minimum atomic E-state index is -0.287. The normalized spacial score (nSPS) is 11.0. The van der Waals surface area contributed by atoms with E-state index in [0.29, 0.717) is 34.0 Å². The van der Waals surface area contributed by atoms with E-state index in [0.717, 1.165) is 11.1 Å². The summed E-state index contributed by atoms with van der Waals surface area (Å²) in [7, 11) is 0. The Kier molecular flexibility index (Phi) is 7.42. The average Bonchev–Trinajstić information content (AvgIpc) is 2.82. The molecule has 3 aromatic carbocycles. The van der Waals surface area contributed by atoms with Crippen LogP contribution in [-0.2, 0) is 17.8 Å². The van der Waals surface area contributed by atoms with Gasteiger partial charge in [0.2, 0.25) is 5.91 Å². The molecular weight excluding hydrogens is 461 g/mol. The number of nitrogens with one attached hydrogen (secondary N) is 1. The molecule has 0 aliphatic heterocycles. The largest absolute Gasteiger partial charge is 0.355 e. The molecule has 1 N–H and O–H groups in total. The molecule has 4 aromatic rings. The smallest absolute Gasteiger partial charge is 0.262 e. The second-order valence-corrected chi connectivity index (χ2v) is 8.76. The molecule has 0 radical (unpaired) electrons. The van der Waals surface area contributed by atoms with Crippen LogP contribution >= 0.6 is 23.4 Å². The van der Waals surface area contributed by atoms with Gasteiger partial charge < -0.3 is 5.32 Å². The van der Waals surface area contributed by atoms with Gasteiger partial charge in [0.15, 0.2) is 5.16 Å². The number of aromatic nitrogens is 2. The summed E-state index contributed by atoms with van der Waals surface area (Å²) in [6.07, 6.45) is 0.599. The number of thioether (sulfide) groups is 1. The summed E-state index contributed by atoms with van der Waals surface area (Å²) in [6, 6.07) is 20.7. The van der Waals surface area contributed by atoms with Crippen molar-refractivity contribution in [2.24, 2.45) is 0 Å². The lowest BCUT2D eigenvalue weighted by Crippen LogP contribution is -2.28. The number of halogens is 2. The van der Waals surface area contributed by atoms with Crippen molar-refractivity contribution in [3.8, 4) is 0 Å². The lowest BCUT2D eigenvalue weighted by Gasteiger charge is -2.14. The third-order valence-corrected chi connectivity index (χ3v) is 6.44. The molecule has 5 nitrogen and oxygen atoms in total. The van der Waals surface area contributed by atoms with Gasteiger partial charge in [-0.15, -0.1) is 0 Å². The van der Waals surface area contributed by atoms with Crippen molar-refractivity contribution in [1.29, 1.82) is 0 Å². The summed E-state index contributed by atoms with van der Waals surface area (Å²) < 4.78 is 14.6. The lowest BCUT2D eigenvalue weighted by atomic mass is 10.1. The van der Waals surface area contributed by atoms with Gasteiger partial charge in [-0.1, -0.05) is 65.8 Å². The van der Waals surface area contributed by atoms with Crippen molar-refractivity contribution < 1.29 is 9.18 Å². The van der Waals surface area contributed by atoms with Crippen LogP contribution in [0.5, 0.6) is 0 Å². The average molecular weight is 482 g/mol. The van der Waals surface area contributed by atoms with Crippen LogP contribution < -0.4 is 10.9 Å². The number of fused-ring (bicyclic) bond motifs is 1. The van der Waals surface area contributed by atoms with Crippen LogP contribution in [0.3, 0.4) is 0 Å². The molecule has 0 aliphatic carbocycles. The summed E-state index contributed by atoms with van der Waals surface area (Å²) in [4.78, 5) is 30.2. The highest BCUT2D eigenvalue weighted by atomic mass is 35.5. The number of hydrogen-bond acceptors (Lipinski definition) is 4. The number of amides is 1. The maximum Gasteiger partial charge on any atom is 0.262 e. The van der Waals surface area contributed by atoms with Crippen LogP contribution in [0.2, 0.25) is 5.02 Å². The molecule has 0 spiro atoms. The molecule has 168 valence electrons. The predicted octanol–water partition coefficient (Wildman–Crippen LogP) is 4.69. The molecule has 0 atom stereocenters. The van der Waals surface area contributed by atoms with E-state index in [1.54, 1.807) is 41.0 Å². The predicted molar refractivity (Wildman–Crippen MR) is 130 cm³/mol. The van der Waals surface area contributed by atoms with Gasteiger partial charge in [-0.25, -0.2) is 9.37 Å². The first kappa shape index (κ1) is 23.0. The maximum atomic E-state index is 13.2. The number of carbonyl (C=O) groups excluding carboxylic acids is 1. The van der Waals surface area contributed by atoms with Gasteiger partial charge in [0.05, 0.1) is 23.2 Å². The van der Waals surface area contributed by atoms with Crippen molar-refractivity contribution in [3.05, 3.63) is 105 Å². The number of rotatable bonds is 8. The molecule has 0 aliphatic rings. The van der Waals surface area contributed by atoms with E-state index in [1.807, 2.05) is 24.3 Å². The molecule has 1 aromatic heterocycles. The van der Waals surface area contributed by atoms with Crippen LogP contribution in [0.15, 0.2) is 82.7 Å². The number of nitrogens with zero attached hydrogens (tertiary/aromatic N) is 2. The molecule has 0 bridgehead atoms. The van der Waals surface area contributed by atoms with E-state index in [1.165, 1.54) is 23.9 Å². The lowest BCUT2D eigenvalue weighted by molar-refractivity contribution is -0.118. The Balaban J connectivity index is 1.48. The van der Waals surface area contributed by atoms with Gasteiger partial charge in [0, 0.05) is 11.6 Å². The Labute approximate surface area is 199 Å². The molecule has 1 amide bonds. The molecule has 33 heavy (non-hydrogen) atoms. The Morgan fingerprint density at radius 2 is 1.76 bits per heavy atom. The van der Waals surface area contributed by atoms with Gasteiger partial charge in [0.25, 0.3) is 5.56 Å². The second-order valence-electron chi connectivity index (χ2n) is 7.41. The van der Waals surface area contributed by atoms with E-state index >= 15 is 0 Å². The first-order valence-electron chi connectivity index (χ1n) is 10.4. The minimum Gasteiger partial charge on any atom is -0.355 e. The number of benzene rings is 3. The zero-order valence-electron chi connectivity index (χ0n) is 17.6. The maximum absolute atomic E-state index is 13.2. The standard InChI is InChI=1S/C25H21ClFN3O2S/c26-21-7-3-1-5-18(21)15-30-24(32)20-6-2-4-8-22(20)29-25(30)33-16-23(31)28-14-13-17-9-11-19(27)12-10-17/h1-12H,13-16H2,(H,28,31). The van der Waals surface area contributed by atoms with E-state index in [4.69, 9.17) is 11.6 Å². The fraction of sp³-hybridized carbons (Fsp3) is 0.160. The zero-order valence-corrected chi connectivity index (χ0v) is 19.2. The van der Waals surface area contributed by atoms with Crippen LogP contribution in [0.1, 0.15) is 11.1 Å². The summed E-state index contributed by atoms with van der Waals surface area (Å²) in [5.74, 6) is -0.352. The van der Waals surface area contributed by atoms with Crippen molar-refractivity contribution in [2.75, 3.05) is 12.3 Å². The van der Waals surface area contributed by atoms with Gasteiger partial charge in [-0.2, -0.15) is 0 Å². The quantitative estimate of drug-likeness (QED) is 0.293. The highest BCUT2D eigenvalue weighted by Gasteiger charge is 2.14. The Morgan fingerprint density at radius 3 is 2.55 bits per heavy atom. The Hall–Kier alpha value is -3.16. The van der Waals surface area contributed by atoms with E-state index < -0.39 is 0 Å². The van der Waals surface area contributed by atoms with Gasteiger partial charge in [-0.05, 0) is 47.9 Å². The summed E-state index contributed by atoms with van der Waals surface area (Å²) in [6.45, 7) is 0.688. The molecule has 0 saturated carbocycles. The van der Waals surface area contributed by atoms with E-state index in [2.05, 4.69) is 10.3 Å². The highest BCUT2D eigenvalue weighted by molar-refractivity contribution is 7.99. The second kappa shape index (κ2) is 10.6. The first-order valence-corrected chi connectivity index (χ1v) is 11.7. The molecule has 0 fully saturated rings. The topological polar surface area (TPSA) is 64.0 Å². The molecule has 4 rings (SSSR count). The Morgan fingerprint density at radius 1 is 1.03 bits per heavy atom. The molecule has 0 unspecified atom stereocenters. The zero-order chi connectivity index (χ0) is 23.2. The molecule has 8 heteroatoms. The summed E-state index contributed by atoms with van der Waals surface area (Å²) >= 11 is 7.52. The molecule has 1 heterocycles. The Bertz CT molecular complexity index is 1340. The third kappa shape index (κ3) is 5.80. The third-order valence-electron chi connectivity index (χ3n) is 5.09. The van der Waals surface area contributed by atoms with Crippen molar-refractivity contribution >= 4 is 40.2 Å². The van der Waals surface area contributed by atoms with Crippen LogP contribution in [0.4, 0.5) is 4.39 Å². The monoisotopic (exact) mass is 481 g/mol. The van der Waals surface area contributed by atoms with Crippen molar-refractivity contribution in [1.82, 2.24) is 14.9 Å². The summed E-state index contributed by atoms with van der Waals surface area (Å²) in [5.41, 5.74) is 2.13. The van der Waals surface area contributed by atoms with Gasteiger partial charge in [0.1, 0.15) is 5.82 Å². The fourth-order valence-electron chi connectivity index (χ4n) is 3.37. The number of hydrogen-bond donors (Lipinski definition) is 1. The van der Waals surface area contributed by atoms with Gasteiger partial charge in [-0.3, -0.25) is 14.2 Å². The number of carbonyl (C=O) groups is 1. The van der Waals surface area contributed by atoms with Crippen LogP contribution in [-0.4, -0.2) is 27.8 Å². The first-order chi connectivity index (χ1) is 16.0. The SMILES string of the molecule is O=C(CSc1nc2ccccc2c(=O)n1Cc1ccccc1Cl)NCCc1ccc(F)cc1. The fourth-order valence-corrected chi connectivity index (χ4v) is 4.40. The number of para-hydroxylation sites is 1. The van der Waals surface area contributed by atoms with Crippen LogP contribution in [0.25, 0.3) is 10.9 Å². The van der Waals surface area contributed by atoms with E-state index in [9.17, 15) is 14.0 Å².